The van der Waals surface area contributed by atoms with E-state index in [1.54, 1.807) is 31.2 Å². The zero-order valence-electron chi connectivity index (χ0n) is 13.4. The first-order valence-corrected chi connectivity index (χ1v) is 10.0. The SMILES string of the molecule is Cc1oc(C=NNC(=O)CN(c2ccccc2Cl)S(C)(=O)=O)cc1Br. The number of amides is 1. The van der Waals surface area contributed by atoms with Gasteiger partial charge in [-0.1, -0.05) is 23.7 Å². The molecule has 10 heteroatoms. The molecule has 0 saturated carbocycles. The summed E-state index contributed by atoms with van der Waals surface area (Å²) in [4.78, 5) is 12.0. The quantitative estimate of drug-likeness (QED) is 0.543. The summed E-state index contributed by atoms with van der Waals surface area (Å²) in [5.41, 5.74) is 2.48. The van der Waals surface area contributed by atoms with Gasteiger partial charge in [0.15, 0.2) is 0 Å². The molecule has 0 atom stereocenters. The van der Waals surface area contributed by atoms with Crippen LogP contribution in [0.25, 0.3) is 0 Å². The first-order chi connectivity index (χ1) is 11.7. The number of carbonyl (C=O) groups excluding carboxylic acids is 1. The molecular weight excluding hydrogens is 434 g/mol. The van der Waals surface area contributed by atoms with Crippen molar-refractivity contribution >= 4 is 55.4 Å². The van der Waals surface area contributed by atoms with Gasteiger partial charge in [0.25, 0.3) is 5.91 Å². The molecule has 134 valence electrons. The largest absolute Gasteiger partial charge is 0.459 e. The summed E-state index contributed by atoms with van der Waals surface area (Å²) in [6.45, 7) is 1.31. The molecule has 7 nitrogen and oxygen atoms in total. The van der Waals surface area contributed by atoms with E-state index in [1.165, 1.54) is 12.3 Å². The third-order valence-corrected chi connectivity index (χ3v) is 5.30. The van der Waals surface area contributed by atoms with E-state index in [2.05, 4.69) is 26.5 Å². The van der Waals surface area contributed by atoms with Crippen LogP contribution in [0.5, 0.6) is 0 Å². The summed E-state index contributed by atoms with van der Waals surface area (Å²) >= 11 is 9.32. The van der Waals surface area contributed by atoms with Crippen LogP contribution < -0.4 is 9.73 Å². The molecule has 0 radical (unpaired) electrons. The number of anilines is 1. The molecule has 0 fully saturated rings. The third kappa shape index (κ3) is 5.32. The van der Waals surface area contributed by atoms with Crippen molar-refractivity contribution in [2.45, 2.75) is 6.92 Å². The zero-order chi connectivity index (χ0) is 18.6. The third-order valence-electron chi connectivity index (χ3n) is 3.07. The van der Waals surface area contributed by atoms with Gasteiger partial charge in [-0.05, 0) is 35.0 Å². The second-order valence-electron chi connectivity index (χ2n) is 5.07. The Balaban J connectivity index is 2.09. The molecule has 2 rings (SSSR count). The van der Waals surface area contributed by atoms with Crippen LogP contribution in [0.2, 0.25) is 5.02 Å². The minimum Gasteiger partial charge on any atom is -0.459 e. The van der Waals surface area contributed by atoms with Gasteiger partial charge in [-0.15, -0.1) is 0 Å². The highest BCUT2D eigenvalue weighted by Gasteiger charge is 2.22. The lowest BCUT2D eigenvalue weighted by atomic mass is 10.3. The van der Waals surface area contributed by atoms with Crippen LogP contribution in [0.1, 0.15) is 11.5 Å². The first-order valence-electron chi connectivity index (χ1n) is 6.98. The lowest BCUT2D eigenvalue weighted by Crippen LogP contribution is -2.39. The van der Waals surface area contributed by atoms with Crippen LogP contribution in [-0.4, -0.2) is 33.3 Å². The Kier molecular flexibility index (Phi) is 6.26. The molecule has 0 bridgehead atoms. The molecule has 0 aliphatic rings. The van der Waals surface area contributed by atoms with Crippen molar-refractivity contribution in [1.29, 1.82) is 0 Å². The van der Waals surface area contributed by atoms with Crippen molar-refractivity contribution in [2.75, 3.05) is 17.1 Å². The summed E-state index contributed by atoms with van der Waals surface area (Å²) in [6.07, 6.45) is 2.31. The number of hydrogen-bond acceptors (Lipinski definition) is 5. The zero-order valence-corrected chi connectivity index (χ0v) is 16.5. The van der Waals surface area contributed by atoms with E-state index < -0.39 is 22.5 Å². The minimum atomic E-state index is -3.70. The molecule has 0 spiro atoms. The number of para-hydroxylation sites is 1. The van der Waals surface area contributed by atoms with Crippen LogP contribution in [-0.2, 0) is 14.8 Å². The lowest BCUT2D eigenvalue weighted by molar-refractivity contribution is -0.119. The lowest BCUT2D eigenvalue weighted by Gasteiger charge is -2.22. The number of nitrogens with zero attached hydrogens (tertiary/aromatic N) is 2. The number of benzene rings is 1. The van der Waals surface area contributed by atoms with E-state index in [0.29, 0.717) is 11.5 Å². The molecule has 0 aliphatic heterocycles. The molecule has 25 heavy (non-hydrogen) atoms. The number of carbonyl (C=O) groups is 1. The Bertz CT molecular complexity index is 892. The summed E-state index contributed by atoms with van der Waals surface area (Å²) in [5, 5.41) is 3.98. The van der Waals surface area contributed by atoms with Gasteiger partial charge < -0.3 is 4.42 Å². The summed E-state index contributed by atoms with van der Waals surface area (Å²) in [7, 11) is -3.70. The summed E-state index contributed by atoms with van der Waals surface area (Å²) < 4.78 is 31.0. The van der Waals surface area contributed by atoms with E-state index in [-0.39, 0.29) is 10.7 Å². The first kappa shape index (κ1) is 19.5. The number of nitrogens with one attached hydrogen (secondary N) is 1. The van der Waals surface area contributed by atoms with Crippen molar-refractivity contribution in [3.63, 3.8) is 0 Å². The molecule has 1 amide bonds. The molecule has 1 heterocycles. The van der Waals surface area contributed by atoms with Crippen LogP contribution in [0.3, 0.4) is 0 Å². The average molecular weight is 449 g/mol. The minimum absolute atomic E-state index is 0.219. The maximum Gasteiger partial charge on any atom is 0.260 e. The second kappa shape index (κ2) is 8.03. The molecule has 1 aromatic carbocycles. The van der Waals surface area contributed by atoms with Crippen LogP contribution in [0.4, 0.5) is 5.69 Å². The Morgan fingerprint density at radius 2 is 2.12 bits per heavy atom. The highest BCUT2D eigenvalue weighted by molar-refractivity contribution is 9.10. The topological polar surface area (TPSA) is 92.0 Å². The Morgan fingerprint density at radius 3 is 2.68 bits per heavy atom. The fraction of sp³-hybridized carbons (Fsp3) is 0.200. The Morgan fingerprint density at radius 1 is 1.44 bits per heavy atom. The number of sulfonamides is 1. The number of aryl methyl sites for hydroxylation is 1. The fourth-order valence-electron chi connectivity index (χ4n) is 1.91. The van der Waals surface area contributed by atoms with Gasteiger partial charge in [0.1, 0.15) is 18.1 Å². The molecule has 0 unspecified atom stereocenters. The van der Waals surface area contributed by atoms with Crippen molar-refractivity contribution in [3.8, 4) is 0 Å². The number of hydrogen-bond donors (Lipinski definition) is 1. The maximum absolute atomic E-state index is 12.0. The van der Waals surface area contributed by atoms with Crippen LogP contribution >= 0.6 is 27.5 Å². The van der Waals surface area contributed by atoms with Gasteiger partial charge in [0, 0.05) is 6.07 Å². The molecular formula is C15H15BrClN3O4S. The Labute approximate surface area is 158 Å². The van der Waals surface area contributed by atoms with Crippen molar-refractivity contribution in [3.05, 3.63) is 51.3 Å². The normalized spacial score (nSPS) is 11.7. The molecule has 2 aromatic rings. The van der Waals surface area contributed by atoms with Gasteiger partial charge in [0.2, 0.25) is 10.0 Å². The van der Waals surface area contributed by atoms with E-state index in [0.717, 1.165) is 15.0 Å². The van der Waals surface area contributed by atoms with Gasteiger partial charge in [-0.25, -0.2) is 13.8 Å². The van der Waals surface area contributed by atoms with Crippen molar-refractivity contribution in [2.24, 2.45) is 5.10 Å². The van der Waals surface area contributed by atoms with Gasteiger partial charge in [-0.3, -0.25) is 9.10 Å². The maximum atomic E-state index is 12.0. The van der Waals surface area contributed by atoms with Crippen LogP contribution in [0.15, 0.2) is 44.3 Å². The highest BCUT2D eigenvalue weighted by atomic mass is 79.9. The molecule has 1 N–H and O–H groups in total. The predicted molar refractivity (Wildman–Crippen MR) is 101 cm³/mol. The number of rotatable bonds is 6. The smallest absolute Gasteiger partial charge is 0.260 e. The van der Waals surface area contributed by atoms with Crippen molar-refractivity contribution in [1.82, 2.24) is 5.43 Å². The molecule has 0 saturated heterocycles. The molecule has 1 aromatic heterocycles. The number of furan rings is 1. The monoisotopic (exact) mass is 447 g/mol. The van der Waals surface area contributed by atoms with E-state index in [9.17, 15) is 13.2 Å². The van der Waals surface area contributed by atoms with E-state index in [1.807, 2.05) is 0 Å². The Hall–Kier alpha value is -1.84. The van der Waals surface area contributed by atoms with E-state index >= 15 is 0 Å². The standard InChI is InChI=1S/C15H15BrClN3O4S/c1-10-12(16)7-11(24-10)8-18-19-15(21)9-20(25(2,22)23)14-6-4-3-5-13(14)17/h3-8H,9H2,1-2H3,(H,19,21). The highest BCUT2D eigenvalue weighted by Crippen LogP contribution is 2.26. The van der Waals surface area contributed by atoms with Crippen LogP contribution in [0, 0.1) is 6.92 Å². The number of halogens is 2. The second-order valence-corrected chi connectivity index (χ2v) is 8.24. The molecule has 0 aliphatic carbocycles. The van der Waals surface area contributed by atoms with Gasteiger partial charge in [0.05, 0.1) is 27.7 Å². The average Bonchev–Trinajstić information content (AvgIpc) is 2.83. The predicted octanol–water partition coefficient (Wildman–Crippen LogP) is 2.92. The van der Waals surface area contributed by atoms with Crippen molar-refractivity contribution < 1.29 is 17.6 Å². The fourth-order valence-corrected chi connectivity index (χ4v) is 3.38. The summed E-state index contributed by atoms with van der Waals surface area (Å²) in [6, 6.07) is 8.05. The van der Waals surface area contributed by atoms with Gasteiger partial charge in [-0.2, -0.15) is 5.10 Å². The van der Waals surface area contributed by atoms with Gasteiger partial charge >= 0.3 is 0 Å². The number of hydrazone groups is 1. The van der Waals surface area contributed by atoms with E-state index in [4.69, 9.17) is 16.0 Å². The summed E-state index contributed by atoms with van der Waals surface area (Å²) in [5.74, 6) is 0.495.